The van der Waals surface area contributed by atoms with E-state index in [0.29, 0.717) is 12.2 Å². The molecule has 21 heavy (non-hydrogen) atoms. The fourth-order valence-electron chi connectivity index (χ4n) is 2.41. The van der Waals surface area contributed by atoms with E-state index in [1.54, 1.807) is 19.2 Å². The Morgan fingerprint density at radius 2 is 1.95 bits per heavy atom. The van der Waals surface area contributed by atoms with Crippen LogP contribution in [0, 0.1) is 5.82 Å². The van der Waals surface area contributed by atoms with Crippen LogP contribution in [-0.4, -0.2) is 25.5 Å². The van der Waals surface area contributed by atoms with Crippen LogP contribution in [0.1, 0.15) is 0 Å². The maximum absolute atomic E-state index is 13.3. The summed E-state index contributed by atoms with van der Waals surface area (Å²) in [5, 5.41) is 6.44. The second kappa shape index (κ2) is 5.44. The number of hydrogen-bond donors (Lipinski definition) is 2. The molecule has 0 saturated carbocycles. The molecule has 0 aromatic heterocycles. The normalized spacial score (nSPS) is 16.4. The molecular formula is C16H16FN3O. The molecule has 2 aromatic carbocycles. The molecule has 0 saturated heterocycles. The van der Waals surface area contributed by atoms with Crippen LogP contribution >= 0.6 is 0 Å². The van der Waals surface area contributed by atoms with E-state index in [9.17, 15) is 9.18 Å². The predicted octanol–water partition coefficient (Wildman–Crippen LogP) is 2.69. The zero-order valence-corrected chi connectivity index (χ0v) is 11.6. The van der Waals surface area contributed by atoms with E-state index in [1.807, 2.05) is 24.3 Å². The van der Waals surface area contributed by atoms with E-state index in [0.717, 1.165) is 11.4 Å². The molecule has 1 aliphatic heterocycles. The Hall–Kier alpha value is -2.56. The first-order chi connectivity index (χ1) is 10.1. The second-order valence-electron chi connectivity index (χ2n) is 5.00. The Balaban J connectivity index is 1.77. The highest BCUT2D eigenvalue weighted by Crippen LogP contribution is 2.26. The van der Waals surface area contributed by atoms with Crippen LogP contribution in [0.3, 0.4) is 0 Å². The van der Waals surface area contributed by atoms with Crippen molar-refractivity contribution in [2.24, 2.45) is 0 Å². The highest BCUT2D eigenvalue weighted by Gasteiger charge is 2.26. The van der Waals surface area contributed by atoms with Gasteiger partial charge in [0.25, 0.3) is 5.91 Å². The summed E-state index contributed by atoms with van der Waals surface area (Å²) in [6.45, 7) is 0.496. The van der Waals surface area contributed by atoms with Crippen molar-refractivity contribution in [2.45, 2.75) is 6.04 Å². The van der Waals surface area contributed by atoms with Gasteiger partial charge in [-0.15, -0.1) is 0 Å². The van der Waals surface area contributed by atoms with Gasteiger partial charge in [0.15, 0.2) is 0 Å². The lowest BCUT2D eigenvalue weighted by molar-refractivity contribution is -0.118. The van der Waals surface area contributed by atoms with Gasteiger partial charge in [-0.05, 0) is 30.3 Å². The molecule has 0 bridgehead atoms. The number of carbonyl (C=O) groups is 1. The first-order valence-corrected chi connectivity index (χ1v) is 6.78. The summed E-state index contributed by atoms with van der Waals surface area (Å²) < 4.78 is 13.3. The number of hydrogen-bond acceptors (Lipinski definition) is 3. The fourth-order valence-corrected chi connectivity index (χ4v) is 2.41. The monoisotopic (exact) mass is 285 g/mol. The maximum atomic E-state index is 13.3. The number of likely N-dealkylation sites (N-methyl/N-ethyl adjacent to an activating group) is 1. The molecular weight excluding hydrogens is 269 g/mol. The van der Waals surface area contributed by atoms with E-state index in [1.165, 1.54) is 17.0 Å². The molecule has 2 aromatic rings. The standard InChI is InChI=1S/C16H16FN3O/c1-20(12-6-4-5-11(17)9-12)16(21)15-10-18-13-7-2-3-8-14(13)19-15/h2-9,15,18-19H,10H2,1H3. The van der Waals surface area contributed by atoms with Crippen molar-refractivity contribution >= 4 is 23.0 Å². The highest BCUT2D eigenvalue weighted by molar-refractivity contribution is 5.99. The zero-order chi connectivity index (χ0) is 14.8. The SMILES string of the molecule is CN(C(=O)C1CNc2ccccc2N1)c1cccc(F)c1. The number of benzene rings is 2. The number of nitrogens with one attached hydrogen (secondary N) is 2. The van der Waals surface area contributed by atoms with Crippen molar-refractivity contribution in [3.8, 4) is 0 Å². The van der Waals surface area contributed by atoms with Gasteiger partial charge in [-0.25, -0.2) is 4.39 Å². The van der Waals surface area contributed by atoms with Crippen LogP contribution in [0.15, 0.2) is 48.5 Å². The van der Waals surface area contributed by atoms with Crippen LogP contribution in [0.4, 0.5) is 21.5 Å². The number of amides is 1. The Labute approximate surface area is 122 Å². The molecule has 1 amide bonds. The number of anilines is 3. The minimum absolute atomic E-state index is 0.109. The van der Waals surface area contributed by atoms with Crippen molar-refractivity contribution in [1.82, 2.24) is 0 Å². The van der Waals surface area contributed by atoms with Gasteiger partial charge in [0.1, 0.15) is 11.9 Å². The average Bonchev–Trinajstić information content (AvgIpc) is 2.53. The van der Waals surface area contributed by atoms with Gasteiger partial charge < -0.3 is 15.5 Å². The van der Waals surface area contributed by atoms with Gasteiger partial charge in [0.05, 0.1) is 11.4 Å². The number of nitrogens with zero attached hydrogens (tertiary/aromatic N) is 1. The molecule has 0 spiro atoms. The van der Waals surface area contributed by atoms with E-state index in [2.05, 4.69) is 10.6 Å². The van der Waals surface area contributed by atoms with Crippen molar-refractivity contribution in [3.63, 3.8) is 0 Å². The predicted molar refractivity (Wildman–Crippen MR) is 82.2 cm³/mol. The maximum Gasteiger partial charge on any atom is 0.251 e. The summed E-state index contributed by atoms with van der Waals surface area (Å²) in [6.07, 6.45) is 0. The van der Waals surface area contributed by atoms with E-state index in [-0.39, 0.29) is 17.8 Å². The quantitative estimate of drug-likeness (QED) is 0.891. The lowest BCUT2D eigenvalue weighted by Crippen LogP contribution is -2.47. The molecule has 1 unspecified atom stereocenters. The van der Waals surface area contributed by atoms with E-state index in [4.69, 9.17) is 0 Å². The Kier molecular flexibility index (Phi) is 3.48. The van der Waals surface area contributed by atoms with Gasteiger partial charge in [0.2, 0.25) is 0 Å². The summed E-state index contributed by atoms with van der Waals surface area (Å²) in [7, 11) is 1.65. The average molecular weight is 285 g/mol. The third-order valence-corrected chi connectivity index (χ3v) is 3.58. The van der Waals surface area contributed by atoms with Gasteiger partial charge in [-0.1, -0.05) is 18.2 Å². The van der Waals surface area contributed by atoms with E-state index < -0.39 is 0 Å². The van der Waals surface area contributed by atoms with E-state index >= 15 is 0 Å². The van der Waals surface area contributed by atoms with Gasteiger partial charge in [-0.3, -0.25) is 4.79 Å². The van der Waals surface area contributed by atoms with Gasteiger partial charge in [0, 0.05) is 19.3 Å². The van der Waals surface area contributed by atoms with Crippen molar-refractivity contribution in [1.29, 1.82) is 0 Å². The highest BCUT2D eigenvalue weighted by atomic mass is 19.1. The summed E-state index contributed by atoms with van der Waals surface area (Å²) in [6, 6.07) is 13.4. The number of halogens is 1. The molecule has 1 aliphatic rings. The Bertz CT molecular complexity index is 674. The van der Waals surface area contributed by atoms with Crippen molar-refractivity contribution in [3.05, 3.63) is 54.3 Å². The second-order valence-corrected chi connectivity index (χ2v) is 5.00. The van der Waals surface area contributed by atoms with Crippen molar-refractivity contribution in [2.75, 3.05) is 29.1 Å². The topological polar surface area (TPSA) is 44.4 Å². The molecule has 108 valence electrons. The third kappa shape index (κ3) is 2.67. The third-order valence-electron chi connectivity index (χ3n) is 3.58. The lowest BCUT2D eigenvalue weighted by Gasteiger charge is -2.30. The minimum atomic E-state index is -0.381. The number of fused-ring (bicyclic) bond motifs is 1. The fraction of sp³-hybridized carbons (Fsp3) is 0.188. The summed E-state index contributed by atoms with van der Waals surface area (Å²) in [4.78, 5) is 14.0. The molecule has 4 nitrogen and oxygen atoms in total. The number of rotatable bonds is 2. The van der Waals surface area contributed by atoms with Crippen molar-refractivity contribution < 1.29 is 9.18 Å². The molecule has 5 heteroatoms. The van der Waals surface area contributed by atoms with Gasteiger partial charge in [-0.2, -0.15) is 0 Å². The first-order valence-electron chi connectivity index (χ1n) is 6.78. The van der Waals surface area contributed by atoms with Crippen LogP contribution in [0.25, 0.3) is 0 Å². The smallest absolute Gasteiger partial charge is 0.251 e. The molecule has 1 atom stereocenters. The first kappa shape index (κ1) is 13.4. The summed E-state index contributed by atoms with van der Waals surface area (Å²) >= 11 is 0. The summed E-state index contributed by atoms with van der Waals surface area (Å²) in [5.74, 6) is -0.463. The molecule has 2 N–H and O–H groups in total. The number of carbonyl (C=O) groups excluding carboxylic acids is 1. The largest absolute Gasteiger partial charge is 0.381 e. The zero-order valence-electron chi connectivity index (χ0n) is 11.6. The van der Waals surface area contributed by atoms with Crippen LogP contribution in [0.2, 0.25) is 0 Å². The van der Waals surface area contributed by atoms with Gasteiger partial charge >= 0.3 is 0 Å². The summed E-state index contributed by atoms with van der Waals surface area (Å²) in [5.41, 5.74) is 2.42. The molecule has 1 heterocycles. The lowest BCUT2D eigenvalue weighted by atomic mass is 10.1. The van der Waals surface area contributed by atoms with Crippen LogP contribution in [-0.2, 0) is 4.79 Å². The number of para-hydroxylation sites is 2. The minimum Gasteiger partial charge on any atom is -0.381 e. The Morgan fingerprint density at radius 1 is 1.19 bits per heavy atom. The van der Waals surface area contributed by atoms with Crippen LogP contribution < -0.4 is 15.5 Å². The Morgan fingerprint density at radius 3 is 2.71 bits per heavy atom. The molecule has 0 aliphatic carbocycles. The molecule has 3 rings (SSSR count). The molecule has 0 radical (unpaired) electrons. The molecule has 0 fully saturated rings. The van der Waals surface area contributed by atoms with Crippen LogP contribution in [0.5, 0.6) is 0 Å².